The van der Waals surface area contributed by atoms with E-state index in [-0.39, 0.29) is 23.5 Å². The molecule has 244 valence electrons. The van der Waals surface area contributed by atoms with Crippen LogP contribution < -0.4 is 5.56 Å². The Balaban J connectivity index is 2.19. The number of aliphatic carboxylic acids is 1. The molecule has 45 heavy (non-hydrogen) atoms. The maximum absolute atomic E-state index is 15.8. The van der Waals surface area contributed by atoms with Crippen molar-refractivity contribution in [2.45, 2.75) is 78.4 Å². The van der Waals surface area contributed by atoms with Crippen molar-refractivity contribution in [3.63, 3.8) is 0 Å². The number of carbonyl (C=O) groups is 2. The quantitative estimate of drug-likeness (QED) is 0.198. The summed E-state index contributed by atoms with van der Waals surface area (Å²) in [5.74, 6) is -5.01. The van der Waals surface area contributed by atoms with Crippen LogP contribution in [0.4, 0.5) is 17.6 Å². The topological polar surface area (TPSA) is 79.6 Å². The Hall–Kier alpha value is -3.79. The average molecular weight is 631 g/mol. The standard InChI is InChI=1S/C35H42F4N2O4/c1-20(2)13-29(41-19-24(11-12-40(6)7)14-23(5)34(41)45)30(42)17-25(18-31(43)44)27-15-26(16-28(33(27)36)35(37,38)39)32-21(3)9-8-10-22(32)4/h8-10,14-16,19-20,25,29H,11-13,17-18H2,1-7H3,(H,43,44)/t25-,29?/m0/s1. The number of alkyl halides is 3. The van der Waals surface area contributed by atoms with E-state index in [1.807, 2.05) is 32.8 Å². The number of aromatic nitrogens is 1. The number of pyridine rings is 1. The van der Waals surface area contributed by atoms with E-state index >= 15 is 4.39 Å². The lowest BCUT2D eigenvalue weighted by Crippen LogP contribution is -2.33. The van der Waals surface area contributed by atoms with E-state index in [4.69, 9.17) is 0 Å². The van der Waals surface area contributed by atoms with Crippen LogP contribution in [-0.4, -0.2) is 47.0 Å². The van der Waals surface area contributed by atoms with Crippen LogP contribution >= 0.6 is 0 Å². The van der Waals surface area contributed by atoms with Gasteiger partial charge in [-0.1, -0.05) is 32.0 Å². The fourth-order valence-electron chi connectivity index (χ4n) is 5.83. The molecule has 2 atom stereocenters. The highest BCUT2D eigenvalue weighted by molar-refractivity contribution is 5.84. The first-order chi connectivity index (χ1) is 20.9. The monoisotopic (exact) mass is 630 g/mol. The van der Waals surface area contributed by atoms with E-state index in [2.05, 4.69) is 0 Å². The van der Waals surface area contributed by atoms with Crippen LogP contribution in [0.15, 0.2) is 47.4 Å². The molecule has 0 saturated heterocycles. The van der Waals surface area contributed by atoms with Gasteiger partial charge in [0.2, 0.25) is 0 Å². The highest BCUT2D eigenvalue weighted by atomic mass is 19.4. The highest BCUT2D eigenvalue weighted by Crippen LogP contribution is 2.41. The van der Waals surface area contributed by atoms with Crippen molar-refractivity contribution in [3.05, 3.63) is 92.1 Å². The van der Waals surface area contributed by atoms with Gasteiger partial charge in [0, 0.05) is 30.6 Å². The van der Waals surface area contributed by atoms with Crippen molar-refractivity contribution < 1.29 is 32.3 Å². The number of benzene rings is 2. The Labute approximate surface area is 261 Å². The van der Waals surface area contributed by atoms with Crippen molar-refractivity contribution >= 4 is 11.8 Å². The van der Waals surface area contributed by atoms with Gasteiger partial charge in [0.25, 0.3) is 5.56 Å². The number of carbonyl (C=O) groups excluding carboxylic acids is 1. The number of hydrogen-bond donors (Lipinski definition) is 1. The molecule has 1 N–H and O–H groups in total. The number of hydrogen-bond acceptors (Lipinski definition) is 4. The second-order valence-electron chi connectivity index (χ2n) is 12.6. The number of rotatable bonds is 13. The van der Waals surface area contributed by atoms with E-state index in [0.29, 0.717) is 35.2 Å². The van der Waals surface area contributed by atoms with E-state index < -0.39 is 59.7 Å². The fourth-order valence-corrected chi connectivity index (χ4v) is 5.83. The molecule has 0 radical (unpaired) electrons. The van der Waals surface area contributed by atoms with Gasteiger partial charge in [-0.25, -0.2) is 4.39 Å². The maximum atomic E-state index is 15.8. The maximum Gasteiger partial charge on any atom is 0.419 e. The summed E-state index contributed by atoms with van der Waals surface area (Å²) in [6, 6.07) is 7.91. The first-order valence-electron chi connectivity index (χ1n) is 15.0. The lowest BCUT2D eigenvalue weighted by atomic mass is 9.83. The molecule has 0 fully saturated rings. The normalized spacial score (nSPS) is 13.4. The van der Waals surface area contributed by atoms with Crippen LogP contribution in [0, 0.1) is 32.5 Å². The van der Waals surface area contributed by atoms with Gasteiger partial charge in [0.1, 0.15) is 5.82 Å². The molecule has 1 aromatic heterocycles. The highest BCUT2D eigenvalue weighted by Gasteiger charge is 2.38. The van der Waals surface area contributed by atoms with Gasteiger partial charge in [-0.3, -0.25) is 14.4 Å². The Morgan fingerprint density at radius 2 is 1.60 bits per heavy atom. The van der Waals surface area contributed by atoms with Gasteiger partial charge < -0.3 is 14.6 Å². The second kappa shape index (κ2) is 14.5. The summed E-state index contributed by atoms with van der Waals surface area (Å²) in [6.45, 7) is 9.52. The number of carboxylic acids is 1. The van der Waals surface area contributed by atoms with Gasteiger partial charge in [-0.2, -0.15) is 13.2 Å². The minimum Gasteiger partial charge on any atom is -0.481 e. The summed E-state index contributed by atoms with van der Waals surface area (Å²) in [5, 5.41) is 9.76. The third-order valence-electron chi connectivity index (χ3n) is 8.01. The number of carboxylic acid groups (broad SMARTS) is 1. The average Bonchev–Trinajstić information content (AvgIpc) is 2.91. The van der Waals surface area contributed by atoms with Crippen molar-refractivity contribution in [2.75, 3.05) is 20.6 Å². The van der Waals surface area contributed by atoms with E-state index in [0.717, 1.165) is 11.6 Å². The van der Waals surface area contributed by atoms with E-state index in [9.17, 15) is 32.7 Å². The summed E-state index contributed by atoms with van der Waals surface area (Å²) >= 11 is 0. The summed E-state index contributed by atoms with van der Waals surface area (Å²) in [5.41, 5.74) is 0.711. The lowest BCUT2D eigenvalue weighted by Gasteiger charge is -2.26. The van der Waals surface area contributed by atoms with Crippen molar-refractivity contribution in [1.82, 2.24) is 9.47 Å². The largest absolute Gasteiger partial charge is 0.481 e. The molecule has 3 aromatic rings. The zero-order chi connectivity index (χ0) is 33.8. The molecule has 0 amide bonds. The molecule has 0 aliphatic heterocycles. The Morgan fingerprint density at radius 3 is 2.13 bits per heavy atom. The zero-order valence-electron chi connectivity index (χ0n) is 26.9. The summed E-state index contributed by atoms with van der Waals surface area (Å²) < 4.78 is 59.7. The van der Waals surface area contributed by atoms with Gasteiger partial charge >= 0.3 is 12.1 Å². The zero-order valence-corrected chi connectivity index (χ0v) is 26.9. The minimum absolute atomic E-state index is 0.0598. The molecule has 10 heteroatoms. The number of nitrogens with zero attached hydrogens (tertiary/aromatic N) is 2. The summed E-state index contributed by atoms with van der Waals surface area (Å²) in [6.07, 6.45) is -3.95. The summed E-state index contributed by atoms with van der Waals surface area (Å²) in [7, 11) is 3.82. The van der Waals surface area contributed by atoms with E-state index in [1.165, 1.54) is 10.6 Å². The van der Waals surface area contributed by atoms with Crippen molar-refractivity contribution in [2.24, 2.45) is 5.92 Å². The third-order valence-corrected chi connectivity index (χ3v) is 8.01. The Bertz CT molecular complexity index is 1590. The molecule has 1 unspecified atom stereocenters. The van der Waals surface area contributed by atoms with Gasteiger partial charge in [0.05, 0.1) is 18.0 Å². The van der Waals surface area contributed by atoms with Crippen LogP contribution in [0.3, 0.4) is 0 Å². The fraction of sp³-hybridized carbons (Fsp3) is 0.457. The molecule has 3 rings (SSSR count). The van der Waals surface area contributed by atoms with E-state index in [1.54, 1.807) is 51.2 Å². The van der Waals surface area contributed by atoms with Crippen LogP contribution in [0.2, 0.25) is 0 Å². The molecular formula is C35H42F4N2O4. The van der Waals surface area contributed by atoms with Gasteiger partial charge in [-0.15, -0.1) is 0 Å². The molecule has 0 bridgehead atoms. The smallest absolute Gasteiger partial charge is 0.419 e. The number of halogens is 4. The lowest BCUT2D eigenvalue weighted by molar-refractivity contribution is -0.140. The predicted molar refractivity (Wildman–Crippen MR) is 167 cm³/mol. The van der Waals surface area contributed by atoms with Crippen molar-refractivity contribution in [1.29, 1.82) is 0 Å². The molecule has 0 aliphatic carbocycles. The van der Waals surface area contributed by atoms with Gasteiger partial charge in [-0.05, 0) is 105 Å². The molecule has 2 aromatic carbocycles. The minimum atomic E-state index is -5.07. The third kappa shape index (κ3) is 8.90. The first-order valence-corrected chi connectivity index (χ1v) is 15.0. The molecule has 6 nitrogen and oxygen atoms in total. The summed E-state index contributed by atoms with van der Waals surface area (Å²) in [4.78, 5) is 41.3. The Morgan fingerprint density at radius 1 is 0.978 bits per heavy atom. The number of aryl methyl sites for hydroxylation is 3. The number of ketones is 1. The van der Waals surface area contributed by atoms with Crippen LogP contribution in [0.1, 0.15) is 78.5 Å². The predicted octanol–water partition coefficient (Wildman–Crippen LogP) is 7.51. The SMILES string of the molecule is Cc1cccc(C)c1-c1cc([C@H](CC(=O)O)CC(=O)C(CC(C)C)n2cc(CCN(C)C)cc(C)c2=O)c(F)c(C(F)(F)F)c1. The second-order valence-corrected chi connectivity index (χ2v) is 12.6. The molecule has 0 aliphatic rings. The number of likely N-dealkylation sites (N-methyl/N-ethyl adjacent to an activating group) is 1. The van der Waals surface area contributed by atoms with Crippen LogP contribution in [0.25, 0.3) is 11.1 Å². The van der Waals surface area contributed by atoms with Crippen LogP contribution in [0.5, 0.6) is 0 Å². The first kappa shape index (κ1) is 35.7. The molecular weight excluding hydrogens is 588 g/mol. The molecule has 0 saturated carbocycles. The molecule has 0 spiro atoms. The Kier molecular flexibility index (Phi) is 11.5. The van der Waals surface area contributed by atoms with Crippen LogP contribution in [-0.2, 0) is 22.2 Å². The number of Topliss-reactive ketones (excluding diaryl/α,β-unsaturated/α-hetero) is 1. The molecule has 1 heterocycles. The van der Waals surface area contributed by atoms with Crippen molar-refractivity contribution in [3.8, 4) is 11.1 Å². The van der Waals surface area contributed by atoms with Gasteiger partial charge in [0.15, 0.2) is 5.78 Å².